The molecule has 3 aromatic carbocycles. The molecule has 1 aliphatic rings. The van der Waals surface area contributed by atoms with Crippen molar-refractivity contribution in [3.05, 3.63) is 101 Å². The third kappa shape index (κ3) is 4.39. The first-order valence-electron chi connectivity index (χ1n) is 11.5. The van der Waals surface area contributed by atoms with Gasteiger partial charge in [-0.15, -0.1) is 0 Å². The molecular formula is C28H33NO2. The Morgan fingerprint density at radius 2 is 1.58 bits per heavy atom. The Hall–Kier alpha value is -2.62. The van der Waals surface area contributed by atoms with E-state index in [0.29, 0.717) is 6.61 Å². The van der Waals surface area contributed by atoms with E-state index in [0.717, 1.165) is 49.4 Å². The van der Waals surface area contributed by atoms with Crippen LogP contribution < -0.4 is 4.74 Å². The number of rotatable bonds is 8. The summed E-state index contributed by atoms with van der Waals surface area (Å²) in [6.07, 6.45) is 1.89. The van der Waals surface area contributed by atoms with Crippen LogP contribution in [0.1, 0.15) is 48.4 Å². The van der Waals surface area contributed by atoms with E-state index in [-0.39, 0.29) is 5.92 Å². The molecule has 0 saturated heterocycles. The summed E-state index contributed by atoms with van der Waals surface area (Å²) < 4.78 is 5.97. The molecule has 0 fully saturated rings. The second-order valence-corrected chi connectivity index (χ2v) is 8.33. The zero-order valence-corrected chi connectivity index (χ0v) is 18.6. The first kappa shape index (κ1) is 21.6. The molecule has 0 amide bonds. The van der Waals surface area contributed by atoms with Crippen LogP contribution in [0.25, 0.3) is 0 Å². The summed E-state index contributed by atoms with van der Waals surface area (Å²) in [7, 11) is 0. The summed E-state index contributed by atoms with van der Waals surface area (Å²) in [5.41, 5.74) is 3.29. The summed E-state index contributed by atoms with van der Waals surface area (Å²) in [5, 5.41) is 12.3. The molecule has 0 saturated carbocycles. The summed E-state index contributed by atoms with van der Waals surface area (Å²) in [4.78, 5) is 2.35. The Balaban J connectivity index is 1.63. The Morgan fingerprint density at radius 1 is 0.903 bits per heavy atom. The number of hydrogen-bond acceptors (Lipinski definition) is 3. The minimum Gasteiger partial charge on any atom is -0.492 e. The van der Waals surface area contributed by atoms with Gasteiger partial charge in [0.25, 0.3) is 0 Å². The van der Waals surface area contributed by atoms with Gasteiger partial charge in [0.05, 0.1) is 0 Å². The fourth-order valence-corrected chi connectivity index (χ4v) is 4.89. The monoisotopic (exact) mass is 415 g/mol. The Morgan fingerprint density at radius 3 is 2.29 bits per heavy atom. The molecule has 31 heavy (non-hydrogen) atoms. The largest absolute Gasteiger partial charge is 0.492 e. The first-order chi connectivity index (χ1) is 15.2. The maximum Gasteiger partial charge on any atom is 0.122 e. The fraction of sp³-hybridized carbons (Fsp3) is 0.357. The van der Waals surface area contributed by atoms with Crippen LogP contribution in [0.5, 0.6) is 5.75 Å². The topological polar surface area (TPSA) is 32.7 Å². The van der Waals surface area contributed by atoms with Gasteiger partial charge in [-0.2, -0.15) is 0 Å². The normalized spacial score (nSPS) is 20.5. The van der Waals surface area contributed by atoms with Crippen molar-refractivity contribution < 1.29 is 9.84 Å². The number of aryl methyl sites for hydroxylation is 1. The Labute approximate surface area is 186 Å². The highest BCUT2D eigenvalue weighted by Crippen LogP contribution is 2.49. The Bertz CT molecular complexity index is 966. The maximum absolute atomic E-state index is 12.3. The van der Waals surface area contributed by atoms with Gasteiger partial charge in [0, 0.05) is 12.5 Å². The van der Waals surface area contributed by atoms with Crippen molar-refractivity contribution in [2.24, 2.45) is 0 Å². The minimum absolute atomic E-state index is 0.0121. The predicted molar refractivity (Wildman–Crippen MR) is 127 cm³/mol. The highest BCUT2D eigenvalue weighted by molar-refractivity contribution is 5.48. The van der Waals surface area contributed by atoms with Gasteiger partial charge in [-0.25, -0.2) is 0 Å². The standard InChI is InChI=1S/C28H33NO2/c1-3-29(4-2)20-21-31-25-17-15-24(16-18-25)28(30)26-13-9-8-12-23(26)14-19-27(28)22-10-6-5-7-11-22/h5-13,15-18,27,30H,3-4,14,19-21H2,1-2H3. The first-order valence-corrected chi connectivity index (χ1v) is 11.5. The van der Waals surface area contributed by atoms with Crippen LogP contribution in [0.2, 0.25) is 0 Å². The zero-order chi connectivity index (χ0) is 21.7. The van der Waals surface area contributed by atoms with E-state index in [9.17, 15) is 5.11 Å². The number of nitrogens with zero attached hydrogens (tertiary/aromatic N) is 1. The Kier molecular flexibility index (Phi) is 6.74. The van der Waals surface area contributed by atoms with Crippen molar-refractivity contribution in [1.82, 2.24) is 4.90 Å². The lowest BCUT2D eigenvalue weighted by Gasteiger charge is -2.42. The van der Waals surface area contributed by atoms with Crippen LogP contribution in [-0.2, 0) is 12.0 Å². The minimum atomic E-state index is -1.06. The lowest BCUT2D eigenvalue weighted by Crippen LogP contribution is -2.39. The van der Waals surface area contributed by atoms with Crippen LogP contribution in [0.3, 0.4) is 0 Å². The second kappa shape index (κ2) is 9.67. The van der Waals surface area contributed by atoms with Crippen molar-refractivity contribution in [1.29, 1.82) is 0 Å². The van der Waals surface area contributed by atoms with E-state index < -0.39 is 5.60 Å². The molecule has 3 nitrogen and oxygen atoms in total. The molecule has 4 rings (SSSR count). The van der Waals surface area contributed by atoms with E-state index >= 15 is 0 Å². The molecule has 0 heterocycles. The molecule has 0 spiro atoms. The van der Waals surface area contributed by atoms with E-state index in [1.807, 2.05) is 36.4 Å². The molecule has 3 aromatic rings. The van der Waals surface area contributed by atoms with Crippen LogP contribution in [0.4, 0.5) is 0 Å². The molecule has 3 heteroatoms. The van der Waals surface area contributed by atoms with E-state index in [1.54, 1.807) is 0 Å². The molecular weight excluding hydrogens is 382 g/mol. The number of aliphatic hydroxyl groups is 1. The molecule has 162 valence electrons. The van der Waals surface area contributed by atoms with Crippen molar-refractivity contribution in [2.75, 3.05) is 26.2 Å². The van der Waals surface area contributed by atoms with Crippen molar-refractivity contribution >= 4 is 0 Å². The van der Waals surface area contributed by atoms with Gasteiger partial charge in [-0.3, -0.25) is 0 Å². The van der Waals surface area contributed by atoms with Crippen LogP contribution in [0, 0.1) is 0 Å². The van der Waals surface area contributed by atoms with Gasteiger partial charge < -0.3 is 14.7 Å². The van der Waals surface area contributed by atoms with Gasteiger partial charge in [0.1, 0.15) is 18.0 Å². The van der Waals surface area contributed by atoms with Crippen LogP contribution in [-0.4, -0.2) is 36.2 Å². The third-order valence-electron chi connectivity index (χ3n) is 6.70. The highest BCUT2D eigenvalue weighted by Gasteiger charge is 2.44. The molecule has 0 aromatic heterocycles. The predicted octanol–water partition coefficient (Wildman–Crippen LogP) is 5.37. The molecule has 1 aliphatic carbocycles. The molecule has 2 unspecified atom stereocenters. The third-order valence-corrected chi connectivity index (χ3v) is 6.70. The second-order valence-electron chi connectivity index (χ2n) is 8.33. The lowest BCUT2D eigenvalue weighted by molar-refractivity contribution is 0.0384. The van der Waals surface area contributed by atoms with Crippen molar-refractivity contribution in [3.63, 3.8) is 0 Å². The number of hydrogen-bond donors (Lipinski definition) is 1. The van der Waals surface area contributed by atoms with Gasteiger partial charge in [0.15, 0.2) is 0 Å². The maximum atomic E-state index is 12.3. The van der Waals surface area contributed by atoms with Crippen molar-refractivity contribution in [3.8, 4) is 5.75 Å². The average Bonchev–Trinajstić information content (AvgIpc) is 2.83. The average molecular weight is 416 g/mol. The number of likely N-dealkylation sites (N-methyl/N-ethyl adjacent to an activating group) is 1. The summed E-state index contributed by atoms with van der Waals surface area (Å²) in [5.74, 6) is 0.859. The van der Waals surface area contributed by atoms with E-state index in [4.69, 9.17) is 4.74 Å². The van der Waals surface area contributed by atoms with Gasteiger partial charge in [-0.1, -0.05) is 80.6 Å². The number of benzene rings is 3. The zero-order valence-electron chi connectivity index (χ0n) is 18.6. The smallest absolute Gasteiger partial charge is 0.122 e. The highest BCUT2D eigenvalue weighted by atomic mass is 16.5. The summed E-state index contributed by atoms with van der Waals surface area (Å²) in [6, 6.07) is 26.8. The van der Waals surface area contributed by atoms with Gasteiger partial charge >= 0.3 is 0 Å². The molecule has 0 aliphatic heterocycles. The van der Waals surface area contributed by atoms with Crippen molar-refractivity contribution in [2.45, 2.75) is 38.2 Å². The van der Waals surface area contributed by atoms with E-state index in [2.05, 4.69) is 61.2 Å². The van der Waals surface area contributed by atoms with E-state index in [1.165, 1.54) is 11.1 Å². The van der Waals surface area contributed by atoms with Crippen LogP contribution in [0.15, 0.2) is 78.9 Å². The molecule has 1 N–H and O–H groups in total. The lowest BCUT2D eigenvalue weighted by atomic mass is 9.66. The van der Waals surface area contributed by atoms with Gasteiger partial charge in [-0.05, 0) is 60.3 Å². The van der Waals surface area contributed by atoms with Crippen LogP contribution >= 0.6 is 0 Å². The summed E-state index contributed by atoms with van der Waals surface area (Å²) in [6.45, 7) is 8.00. The molecule has 2 atom stereocenters. The van der Waals surface area contributed by atoms with Gasteiger partial charge in [0.2, 0.25) is 0 Å². The quantitative estimate of drug-likeness (QED) is 0.537. The molecule has 0 radical (unpaired) electrons. The number of fused-ring (bicyclic) bond motifs is 1. The SMILES string of the molecule is CCN(CC)CCOc1ccc(C2(O)c3ccccc3CCC2c2ccccc2)cc1. The summed E-state index contributed by atoms with van der Waals surface area (Å²) >= 11 is 0. The fourth-order valence-electron chi connectivity index (χ4n) is 4.89. The number of ether oxygens (including phenoxy) is 1. The molecule has 0 bridgehead atoms.